The predicted molar refractivity (Wildman–Crippen MR) is 143 cm³/mol. The average molecular weight is 537 g/mol. The molecule has 0 saturated carbocycles. The SMILES string of the molecule is COc1ccc2c(c1)C(=O)N(C[C@@]1(c3cc4c(C)nccc4o3)NC(=O)N(COCC[Si](C)(C)C)C1=O)C2. The summed E-state index contributed by atoms with van der Waals surface area (Å²) < 4.78 is 17.2. The Morgan fingerprint density at radius 3 is 2.66 bits per heavy atom. The van der Waals surface area contributed by atoms with Gasteiger partial charge in [0.15, 0.2) is 5.54 Å². The zero-order valence-corrected chi connectivity index (χ0v) is 23.3. The summed E-state index contributed by atoms with van der Waals surface area (Å²) in [5, 5.41) is 3.58. The minimum Gasteiger partial charge on any atom is -0.497 e. The van der Waals surface area contributed by atoms with Crippen molar-refractivity contribution in [1.82, 2.24) is 20.1 Å². The summed E-state index contributed by atoms with van der Waals surface area (Å²) in [7, 11) is 0.194. The molecule has 4 amide bonds. The molecule has 11 heteroatoms. The second-order valence-corrected chi connectivity index (χ2v) is 16.6. The summed E-state index contributed by atoms with van der Waals surface area (Å²) >= 11 is 0. The number of hydrogen-bond donors (Lipinski definition) is 1. The standard InChI is InChI=1S/C27H32N4O6Si/c1-17-20-13-23(37-22(20)8-9-28-17)27(15-30-14-18-6-7-19(35-2)12-21(18)24(30)32)25(33)31(26(34)29-27)16-36-10-11-38(3,4)5/h6-9,12-13H,10-11,14-16H2,1-5H3,(H,29,34)/t27-/m0/s1. The topological polar surface area (TPSA) is 114 Å². The molecule has 38 heavy (non-hydrogen) atoms. The quantitative estimate of drug-likeness (QED) is 0.251. The average Bonchev–Trinajstić information content (AvgIpc) is 3.51. The maximum absolute atomic E-state index is 14.0. The van der Waals surface area contributed by atoms with Crippen LogP contribution >= 0.6 is 0 Å². The lowest BCUT2D eigenvalue weighted by molar-refractivity contribution is -0.136. The number of nitrogens with zero attached hydrogens (tertiary/aromatic N) is 3. The highest BCUT2D eigenvalue weighted by Crippen LogP contribution is 2.37. The van der Waals surface area contributed by atoms with E-state index in [0.717, 1.165) is 27.6 Å². The molecular weight excluding hydrogens is 504 g/mol. The van der Waals surface area contributed by atoms with Crippen molar-refractivity contribution in [2.75, 3.05) is 27.0 Å². The molecule has 2 aliphatic heterocycles. The summed E-state index contributed by atoms with van der Waals surface area (Å²) in [4.78, 5) is 47.5. The number of amides is 4. The van der Waals surface area contributed by atoms with E-state index in [2.05, 4.69) is 29.9 Å². The van der Waals surface area contributed by atoms with E-state index in [1.165, 1.54) is 0 Å². The normalized spacial score (nSPS) is 19.4. The summed E-state index contributed by atoms with van der Waals surface area (Å²) in [5.74, 6) is 0.0364. The van der Waals surface area contributed by atoms with Crippen LogP contribution in [-0.4, -0.2) is 67.7 Å². The first kappa shape index (κ1) is 25.9. The number of ether oxygens (including phenoxy) is 2. The van der Waals surface area contributed by atoms with Crippen molar-refractivity contribution in [2.45, 2.75) is 44.7 Å². The highest BCUT2D eigenvalue weighted by Gasteiger charge is 2.56. The van der Waals surface area contributed by atoms with Gasteiger partial charge >= 0.3 is 6.03 Å². The molecule has 1 saturated heterocycles. The number of hydrogen-bond acceptors (Lipinski definition) is 7. The van der Waals surface area contributed by atoms with Gasteiger partial charge in [0.05, 0.1) is 13.7 Å². The molecule has 200 valence electrons. The van der Waals surface area contributed by atoms with Crippen molar-refractivity contribution < 1.29 is 28.3 Å². The van der Waals surface area contributed by atoms with Crippen LogP contribution < -0.4 is 10.1 Å². The Bertz CT molecular complexity index is 1430. The van der Waals surface area contributed by atoms with Gasteiger partial charge in [-0.2, -0.15) is 0 Å². The maximum atomic E-state index is 14.0. The summed E-state index contributed by atoms with van der Waals surface area (Å²) in [5.41, 5.74) is 0.977. The summed E-state index contributed by atoms with van der Waals surface area (Å²) in [6, 6.07) is 9.06. The lowest BCUT2D eigenvalue weighted by atomic mass is 9.94. The van der Waals surface area contributed by atoms with Gasteiger partial charge in [0.25, 0.3) is 11.8 Å². The first-order chi connectivity index (χ1) is 18.0. The minimum absolute atomic E-state index is 0.106. The van der Waals surface area contributed by atoms with Crippen LogP contribution in [0.25, 0.3) is 11.0 Å². The first-order valence-electron chi connectivity index (χ1n) is 12.6. The number of rotatable bonds is 9. The third-order valence-corrected chi connectivity index (χ3v) is 8.79. The van der Waals surface area contributed by atoms with Crippen molar-refractivity contribution in [1.29, 1.82) is 0 Å². The Balaban J connectivity index is 1.48. The number of imide groups is 1. The van der Waals surface area contributed by atoms with Crippen LogP contribution in [-0.2, 0) is 21.6 Å². The second-order valence-electron chi connectivity index (χ2n) is 11.0. The molecule has 0 unspecified atom stereocenters. The third kappa shape index (κ3) is 4.56. The van der Waals surface area contributed by atoms with Gasteiger partial charge in [-0.1, -0.05) is 25.7 Å². The molecule has 0 aliphatic carbocycles. The summed E-state index contributed by atoms with van der Waals surface area (Å²) in [6.07, 6.45) is 1.62. The smallest absolute Gasteiger partial charge is 0.327 e. The molecule has 1 aromatic carbocycles. The number of furan rings is 1. The van der Waals surface area contributed by atoms with Crippen molar-refractivity contribution in [3.63, 3.8) is 0 Å². The fourth-order valence-corrected chi connectivity index (χ4v) is 5.58. The van der Waals surface area contributed by atoms with E-state index < -0.39 is 25.6 Å². The number of carbonyl (C=O) groups is 3. The lowest BCUT2D eigenvalue weighted by Crippen LogP contribution is -2.52. The highest BCUT2D eigenvalue weighted by atomic mass is 28.3. The molecule has 0 spiro atoms. The Hall–Kier alpha value is -3.70. The van der Waals surface area contributed by atoms with E-state index in [1.807, 2.05) is 13.0 Å². The highest BCUT2D eigenvalue weighted by molar-refractivity contribution is 6.76. The number of nitrogens with one attached hydrogen (secondary N) is 1. The fraction of sp³-hybridized carbons (Fsp3) is 0.407. The van der Waals surface area contributed by atoms with Gasteiger partial charge in [-0.3, -0.25) is 14.6 Å². The Kier molecular flexibility index (Phi) is 6.52. The predicted octanol–water partition coefficient (Wildman–Crippen LogP) is 3.86. The van der Waals surface area contributed by atoms with Crippen molar-refractivity contribution in [3.05, 3.63) is 59.1 Å². The van der Waals surface area contributed by atoms with E-state index in [1.54, 1.807) is 42.5 Å². The molecule has 10 nitrogen and oxygen atoms in total. The van der Waals surface area contributed by atoms with Crippen molar-refractivity contribution in [2.24, 2.45) is 0 Å². The Labute approximate surface area is 221 Å². The van der Waals surface area contributed by atoms with E-state index in [4.69, 9.17) is 13.9 Å². The number of aryl methyl sites for hydroxylation is 1. The van der Waals surface area contributed by atoms with Crippen LogP contribution in [0.2, 0.25) is 25.7 Å². The van der Waals surface area contributed by atoms with Crippen LogP contribution in [0.1, 0.15) is 27.4 Å². The third-order valence-electron chi connectivity index (χ3n) is 7.08. The second kappa shape index (κ2) is 9.55. The number of benzene rings is 1. The van der Waals surface area contributed by atoms with Crippen molar-refractivity contribution in [3.8, 4) is 5.75 Å². The van der Waals surface area contributed by atoms with Crippen LogP contribution in [0.4, 0.5) is 4.79 Å². The molecule has 1 fully saturated rings. The first-order valence-corrected chi connectivity index (χ1v) is 16.3. The number of carbonyl (C=O) groups excluding carboxylic acids is 3. The van der Waals surface area contributed by atoms with Crippen LogP contribution in [0.5, 0.6) is 5.75 Å². The number of urea groups is 1. The van der Waals surface area contributed by atoms with Crippen LogP contribution in [0.15, 0.2) is 40.9 Å². The fourth-order valence-electron chi connectivity index (χ4n) is 4.82. The molecule has 0 bridgehead atoms. The van der Waals surface area contributed by atoms with Crippen LogP contribution in [0, 0.1) is 6.92 Å². The molecule has 5 rings (SSSR count). The van der Waals surface area contributed by atoms with E-state index in [0.29, 0.717) is 23.5 Å². The zero-order chi connectivity index (χ0) is 27.2. The zero-order valence-electron chi connectivity index (χ0n) is 22.3. The Morgan fingerprint density at radius 2 is 1.95 bits per heavy atom. The number of pyridine rings is 1. The molecule has 4 heterocycles. The number of aromatic nitrogens is 1. The van der Waals surface area contributed by atoms with E-state index >= 15 is 0 Å². The molecule has 0 radical (unpaired) electrons. The molecule has 2 aliphatic rings. The minimum atomic E-state index is -1.62. The van der Waals surface area contributed by atoms with Gasteiger partial charge in [-0.25, -0.2) is 9.69 Å². The molecule has 2 aromatic heterocycles. The largest absolute Gasteiger partial charge is 0.497 e. The van der Waals surface area contributed by atoms with E-state index in [9.17, 15) is 14.4 Å². The monoisotopic (exact) mass is 536 g/mol. The van der Waals surface area contributed by atoms with Gasteiger partial charge in [-0.05, 0) is 42.8 Å². The van der Waals surface area contributed by atoms with E-state index in [-0.39, 0.29) is 31.5 Å². The number of methoxy groups -OCH3 is 1. The maximum Gasteiger partial charge on any atom is 0.327 e. The molecule has 1 N–H and O–H groups in total. The van der Waals surface area contributed by atoms with Gasteiger partial charge in [0.1, 0.15) is 23.8 Å². The van der Waals surface area contributed by atoms with Gasteiger partial charge in [-0.15, -0.1) is 0 Å². The Morgan fingerprint density at radius 1 is 1.16 bits per heavy atom. The number of fused-ring (bicyclic) bond motifs is 2. The molecule has 1 atom stereocenters. The van der Waals surface area contributed by atoms with Gasteiger partial charge < -0.3 is 24.1 Å². The lowest BCUT2D eigenvalue weighted by Gasteiger charge is -2.29. The molecular formula is C27H32N4O6Si. The molecule has 3 aromatic rings. The van der Waals surface area contributed by atoms with Gasteiger partial charge in [0, 0.05) is 44.1 Å². The van der Waals surface area contributed by atoms with Crippen LogP contribution in [0.3, 0.4) is 0 Å². The van der Waals surface area contributed by atoms with Crippen molar-refractivity contribution >= 4 is 36.9 Å². The summed E-state index contributed by atoms with van der Waals surface area (Å²) in [6.45, 7) is 8.99. The van der Waals surface area contributed by atoms with Gasteiger partial charge in [0.2, 0.25) is 0 Å².